The van der Waals surface area contributed by atoms with Gasteiger partial charge in [0.1, 0.15) is 5.82 Å². The molecule has 0 aromatic carbocycles. The summed E-state index contributed by atoms with van der Waals surface area (Å²) in [5.74, 6) is 1.44. The quantitative estimate of drug-likeness (QED) is 0.685. The Morgan fingerprint density at radius 1 is 1.17 bits per heavy atom. The normalized spacial score (nSPS) is 13.9. The lowest BCUT2D eigenvalue weighted by Crippen LogP contribution is -2.36. The lowest BCUT2D eigenvalue weighted by molar-refractivity contribution is 0.122. The van der Waals surface area contributed by atoms with Crippen molar-refractivity contribution < 1.29 is 4.74 Å². The largest absolute Gasteiger partial charge is 0.378 e. The number of ether oxygens (including phenoxy) is 1. The fraction of sp³-hybridized carbons (Fsp3) is 0.350. The average molecular weight is 390 g/mol. The van der Waals surface area contributed by atoms with E-state index < -0.39 is 0 Å². The number of nitrogens with zero attached hydrogens (tertiary/aromatic N) is 7. The fourth-order valence-electron chi connectivity index (χ4n) is 3.14. The van der Waals surface area contributed by atoms with E-state index in [9.17, 15) is 0 Å². The van der Waals surface area contributed by atoms with Crippen LogP contribution in [0.5, 0.6) is 0 Å². The van der Waals surface area contributed by atoms with Crippen molar-refractivity contribution in [3.05, 3.63) is 42.5 Å². The van der Waals surface area contributed by atoms with E-state index in [4.69, 9.17) is 10.00 Å². The molecule has 4 rings (SSSR count). The van der Waals surface area contributed by atoms with E-state index in [1.807, 2.05) is 25.3 Å². The van der Waals surface area contributed by atoms with Crippen molar-refractivity contribution >= 4 is 17.5 Å². The van der Waals surface area contributed by atoms with E-state index >= 15 is 0 Å². The molecule has 1 N–H and O–H groups in total. The van der Waals surface area contributed by atoms with Crippen molar-refractivity contribution in [2.75, 3.05) is 36.5 Å². The maximum absolute atomic E-state index is 8.73. The molecule has 1 saturated heterocycles. The highest BCUT2D eigenvalue weighted by Gasteiger charge is 2.13. The molecule has 0 spiro atoms. The molecule has 0 radical (unpaired) electrons. The van der Waals surface area contributed by atoms with Crippen LogP contribution in [0.1, 0.15) is 12.0 Å². The van der Waals surface area contributed by atoms with Gasteiger partial charge in [0.2, 0.25) is 5.95 Å². The zero-order valence-electron chi connectivity index (χ0n) is 16.2. The molecular formula is C20H22N8O. The SMILES string of the molecule is Cc1cnc(Nc2ccc(N3CCOCC3)nc2)nc1-c1cnn(CCC#N)c1. The zero-order valence-corrected chi connectivity index (χ0v) is 16.2. The molecule has 3 aromatic rings. The standard InChI is InChI=1S/C20H22N8O/c1-15-11-23-20(26-19(15)16-12-24-28(14-16)6-2-5-21)25-17-3-4-18(22-13-17)27-7-9-29-10-8-27/h3-4,11-14H,2,6-10H2,1H3,(H,23,25,26). The Hall–Kier alpha value is -3.51. The van der Waals surface area contributed by atoms with Gasteiger partial charge in [0.25, 0.3) is 0 Å². The Kier molecular flexibility index (Phi) is 5.63. The van der Waals surface area contributed by atoms with E-state index in [1.165, 1.54) is 0 Å². The van der Waals surface area contributed by atoms with Crippen LogP contribution in [0.4, 0.5) is 17.5 Å². The van der Waals surface area contributed by atoms with Crippen molar-refractivity contribution in [1.82, 2.24) is 24.7 Å². The number of nitrogens with one attached hydrogen (secondary N) is 1. The van der Waals surface area contributed by atoms with Gasteiger partial charge in [0.05, 0.1) is 56.0 Å². The van der Waals surface area contributed by atoms with Crippen molar-refractivity contribution in [3.63, 3.8) is 0 Å². The minimum Gasteiger partial charge on any atom is -0.378 e. The summed E-state index contributed by atoms with van der Waals surface area (Å²) in [5, 5.41) is 16.2. The van der Waals surface area contributed by atoms with E-state index in [-0.39, 0.29) is 0 Å². The van der Waals surface area contributed by atoms with Gasteiger partial charge in [-0.05, 0) is 24.6 Å². The van der Waals surface area contributed by atoms with Gasteiger partial charge in [-0.3, -0.25) is 4.68 Å². The molecule has 1 fully saturated rings. The van der Waals surface area contributed by atoms with E-state index in [0.717, 1.165) is 54.6 Å². The molecule has 0 unspecified atom stereocenters. The minimum atomic E-state index is 0.421. The molecule has 1 aliphatic heterocycles. The summed E-state index contributed by atoms with van der Waals surface area (Å²) in [5.41, 5.74) is 3.48. The first-order chi connectivity index (χ1) is 14.2. The molecule has 9 nitrogen and oxygen atoms in total. The predicted molar refractivity (Wildman–Crippen MR) is 109 cm³/mol. The van der Waals surface area contributed by atoms with Crippen LogP contribution in [0.2, 0.25) is 0 Å². The number of morpholine rings is 1. The Morgan fingerprint density at radius 3 is 2.79 bits per heavy atom. The third kappa shape index (κ3) is 4.50. The second kappa shape index (κ2) is 8.67. The molecule has 148 valence electrons. The predicted octanol–water partition coefficient (Wildman–Crippen LogP) is 2.54. The van der Waals surface area contributed by atoms with Crippen molar-refractivity contribution in [2.45, 2.75) is 19.9 Å². The van der Waals surface area contributed by atoms with E-state index in [0.29, 0.717) is 18.9 Å². The summed E-state index contributed by atoms with van der Waals surface area (Å²) in [6.45, 7) is 5.69. The van der Waals surface area contributed by atoms with Gasteiger partial charge in [-0.1, -0.05) is 0 Å². The summed E-state index contributed by atoms with van der Waals surface area (Å²) < 4.78 is 7.13. The molecule has 0 amide bonds. The Morgan fingerprint density at radius 2 is 2.03 bits per heavy atom. The minimum absolute atomic E-state index is 0.421. The number of aromatic nitrogens is 5. The number of nitriles is 1. The molecule has 29 heavy (non-hydrogen) atoms. The number of rotatable bonds is 6. The molecule has 0 atom stereocenters. The fourth-order valence-corrected chi connectivity index (χ4v) is 3.14. The number of pyridine rings is 1. The lowest BCUT2D eigenvalue weighted by atomic mass is 10.1. The van der Waals surface area contributed by atoms with Crippen LogP contribution in [-0.2, 0) is 11.3 Å². The van der Waals surface area contributed by atoms with Gasteiger partial charge in [-0.15, -0.1) is 0 Å². The summed E-state index contributed by atoms with van der Waals surface area (Å²) in [7, 11) is 0. The van der Waals surface area contributed by atoms with Gasteiger partial charge in [-0.2, -0.15) is 10.4 Å². The number of hydrogen-bond donors (Lipinski definition) is 1. The number of hydrogen-bond acceptors (Lipinski definition) is 8. The highest BCUT2D eigenvalue weighted by molar-refractivity contribution is 5.64. The molecule has 0 bridgehead atoms. The Balaban J connectivity index is 1.49. The molecule has 4 heterocycles. The van der Waals surface area contributed by atoms with Crippen molar-refractivity contribution in [1.29, 1.82) is 5.26 Å². The maximum Gasteiger partial charge on any atom is 0.227 e. The zero-order chi connectivity index (χ0) is 20.1. The maximum atomic E-state index is 8.73. The number of anilines is 3. The van der Waals surface area contributed by atoms with Gasteiger partial charge >= 0.3 is 0 Å². The van der Waals surface area contributed by atoms with Crippen LogP contribution in [0.25, 0.3) is 11.3 Å². The van der Waals surface area contributed by atoms with Crippen molar-refractivity contribution in [3.8, 4) is 17.3 Å². The van der Waals surface area contributed by atoms with E-state index in [2.05, 4.69) is 36.3 Å². The Bertz CT molecular complexity index is 1000. The molecule has 3 aromatic heterocycles. The third-order valence-corrected chi connectivity index (χ3v) is 4.67. The first-order valence-electron chi connectivity index (χ1n) is 9.52. The summed E-state index contributed by atoms with van der Waals surface area (Å²) in [4.78, 5) is 15.8. The second-order valence-electron chi connectivity index (χ2n) is 6.75. The monoisotopic (exact) mass is 390 g/mol. The first-order valence-corrected chi connectivity index (χ1v) is 9.52. The van der Waals surface area contributed by atoms with Gasteiger partial charge in [-0.25, -0.2) is 15.0 Å². The second-order valence-corrected chi connectivity index (χ2v) is 6.75. The Labute approximate surface area is 169 Å². The third-order valence-electron chi connectivity index (χ3n) is 4.67. The van der Waals surface area contributed by atoms with Gasteiger partial charge in [0.15, 0.2) is 0 Å². The highest BCUT2D eigenvalue weighted by atomic mass is 16.5. The summed E-state index contributed by atoms with van der Waals surface area (Å²) in [6, 6.07) is 6.09. The van der Waals surface area contributed by atoms with Crippen molar-refractivity contribution in [2.24, 2.45) is 0 Å². The highest BCUT2D eigenvalue weighted by Crippen LogP contribution is 2.23. The van der Waals surface area contributed by atoms with Gasteiger partial charge < -0.3 is 15.0 Å². The topological polar surface area (TPSA) is 105 Å². The van der Waals surface area contributed by atoms with Crippen LogP contribution >= 0.6 is 0 Å². The molecule has 0 aliphatic carbocycles. The number of aryl methyl sites for hydroxylation is 2. The summed E-state index contributed by atoms with van der Waals surface area (Å²) >= 11 is 0. The molecule has 9 heteroatoms. The lowest BCUT2D eigenvalue weighted by Gasteiger charge is -2.27. The van der Waals surface area contributed by atoms with Crippen LogP contribution < -0.4 is 10.2 Å². The molecular weight excluding hydrogens is 368 g/mol. The van der Waals surface area contributed by atoms with Crippen LogP contribution in [-0.4, -0.2) is 51.0 Å². The first kappa shape index (κ1) is 18.8. The smallest absolute Gasteiger partial charge is 0.227 e. The van der Waals surface area contributed by atoms with Crippen LogP contribution in [0.3, 0.4) is 0 Å². The average Bonchev–Trinajstić information content (AvgIpc) is 3.23. The summed E-state index contributed by atoms with van der Waals surface area (Å²) in [6.07, 6.45) is 7.65. The molecule has 1 aliphatic rings. The van der Waals surface area contributed by atoms with Crippen LogP contribution in [0, 0.1) is 18.3 Å². The van der Waals surface area contributed by atoms with Crippen LogP contribution in [0.15, 0.2) is 36.9 Å². The molecule has 0 saturated carbocycles. The van der Waals surface area contributed by atoms with Gasteiger partial charge in [0, 0.05) is 31.0 Å². The van der Waals surface area contributed by atoms with E-state index in [1.54, 1.807) is 23.3 Å².